The Kier molecular flexibility index (Phi) is 4.86. The number of nitrogens with zero attached hydrogens (tertiary/aromatic N) is 2. The molecule has 6 heteroatoms. The molecule has 0 radical (unpaired) electrons. The van der Waals surface area contributed by atoms with Gasteiger partial charge in [0.15, 0.2) is 0 Å². The lowest BCUT2D eigenvalue weighted by Crippen LogP contribution is -2.30. The number of nitrogens with one attached hydrogen (secondary N) is 2. The lowest BCUT2D eigenvalue weighted by Gasteiger charge is -2.06. The van der Waals surface area contributed by atoms with Gasteiger partial charge in [-0.05, 0) is 29.8 Å². The molecule has 0 saturated heterocycles. The van der Waals surface area contributed by atoms with Crippen LogP contribution in [0.15, 0.2) is 61.2 Å². The van der Waals surface area contributed by atoms with Crippen molar-refractivity contribution in [3.8, 4) is 0 Å². The van der Waals surface area contributed by atoms with Gasteiger partial charge in [-0.25, -0.2) is 0 Å². The maximum Gasteiger partial charge on any atom is 0.252 e. The zero-order valence-corrected chi connectivity index (χ0v) is 13.1. The molecule has 0 fully saturated rings. The number of fused-ring (bicyclic) bond motifs is 1. The fourth-order valence-corrected chi connectivity index (χ4v) is 2.36. The van der Waals surface area contributed by atoms with Crippen LogP contribution in [0, 0.1) is 0 Å². The highest BCUT2D eigenvalue weighted by Crippen LogP contribution is 2.09. The molecule has 0 aromatic carbocycles. The Balaban J connectivity index is 1.43. The summed E-state index contributed by atoms with van der Waals surface area (Å²) in [6, 6.07) is 11.3. The third-order valence-electron chi connectivity index (χ3n) is 3.62. The van der Waals surface area contributed by atoms with Crippen LogP contribution in [0.5, 0.6) is 0 Å². The summed E-state index contributed by atoms with van der Waals surface area (Å²) in [5, 5.41) is 5.56. The van der Waals surface area contributed by atoms with Crippen molar-refractivity contribution < 1.29 is 9.59 Å². The molecule has 6 nitrogen and oxygen atoms in total. The molecule has 0 aliphatic carbocycles. The minimum Gasteiger partial charge on any atom is -0.352 e. The third-order valence-corrected chi connectivity index (χ3v) is 3.62. The van der Waals surface area contributed by atoms with Crippen molar-refractivity contribution >= 4 is 17.3 Å². The first-order valence-electron chi connectivity index (χ1n) is 7.73. The van der Waals surface area contributed by atoms with Crippen molar-refractivity contribution in [1.29, 1.82) is 0 Å². The van der Waals surface area contributed by atoms with Gasteiger partial charge in [-0.2, -0.15) is 0 Å². The van der Waals surface area contributed by atoms with Gasteiger partial charge in [-0.3, -0.25) is 14.6 Å². The fourth-order valence-electron chi connectivity index (χ4n) is 2.36. The van der Waals surface area contributed by atoms with E-state index in [-0.39, 0.29) is 18.2 Å². The first-order valence-corrected chi connectivity index (χ1v) is 7.73. The van der Waals surface area contributed by atoms with E-state index >= 15 is 0 Å². The summed E-state index contributed by atoms with van der Waals surface area (Å²) in [4.78, 5) is 27.9. The Labute approximate surface area is 139 Å². The molecule has 0 saturated carbocycles. The van der Waals surface area contributed by atoms with Crippen LogP contribution in [0.2, 0.25) is 0 Å². The van der Waals surface area contributed by atoms with Gasteiger partial charge in [-0.15, -0.1) is 0 Å². The van der Waals surface area contributed by atoms with Crippen molar-refractivity contribution in [2.75, 3.05) is 6.54 Å². The summed E-state index contributed by atoms with van der Waals surface area (Å²) in [5.41, 5.74) is 2.48. The molecule has 2 amide bonds. The Morgan fingerprint density at radius 3 is 2.83 bits per heavy atom. The van der Waals surface area contributed by atoms with Crippen LogP contribution in [-0.4, -0.2) is 27.7 Å². The van der Waals surface area contributed by atoms with Crippen molar-refractivity contribution in [2.45, 2.75) is 13.0 Å². The fraction of sp³-hybridized carbons (Fsp3) is 0.167. The van der Waals surface area contributed by atoms with E-state index in [1.54, 1.807) is 18.6 Å². The van der Waals surface area contributed by atoms with Crippen LogP contribution in [0.3, 0.4) is 0 Å². The van der Waals surface area contributed by atoms with E-state index in [0.717, 1.165) is 11.1 Å². The van der Waals surface area contributed by atoms with Crippen LogP contribution in [0.1, 0.15) is 22.3 Å². The topological polar surface area (TPSA) is 75.5 Å². The number of hydrogen-bond donors (Lipinski definition) is 2. The maximum absolute atomic E-state index is 12.1. The molecule has 0 bridgehead atoms. The summed E-state index contributed by atoms with van der Waals surface area (Å²) in [6.07, 6.45) is 7.29. The highest BCUT2D eigenvalue weighted by molar-refractivity contribution is 5.95. The first-order chi connectivity index (χ1) is 11.7. The van der Waals surface area contributed by atoms with Crippen LogP contribution in [-0.2, 0) is 11.3 Å². The predicted octanol–water partition coefficient (Wildman–Crippen LogP) is 1.77. The Hall–Kier alpha value is -3.15. The number of rotatable bonds is 6. The molecular formula is C18H18N4O2. The highest BCUT2D eigenvalue weighted by atomic mass is 16.2. The van der Waals surface area contributed by atoms with Crippen LogP contribution in [0.4, 0.5) is 0 Å². The normalized spacial score (nSPS) is 10.5. The molecular weight excluding hydrogens is 304 g/mol. The summed E-state index contributed by atoms with van der Waals surface area (Å²) in [6.45, 7) is 0.732. The summed E-state index contributed by atoms with van der Waals surface area (Å²) < 4.78 is 1.88. The Morgan fingerprint density at radius 1 is 1.12 bits per heavy atom. The van der Waals surface area contributed by atoms with E-state index in [2.05, 4.69) is 15.6 Å². The highest BCUT2D eigenvalue weighted by Gasteiger charge is 2.09. The van der Waals surface area contributed by atoms with E-state index < -0.39 is 0 Å². The number of amides is 2. The number of hydrogen-bond acceptors (Lipinski definition) is 3. The summed E-state index contributed by atoms with van der Waals surface area (Å²) in [7, 11) is 0. The van der Waals surface area contributed by atoms with Crippen LogP contribution < -0.4 is 10.6 Å². The van der Waals surface area contributed by atoms with Gasteiger partial charge in [0.1, 0.15) is 0 Å². The molecule has 0 atom stereocenters. The lowest BCUT2D eigenvalue weighted by atomic mass is 10.2. The second-order valence-corrected chi connectivity index (χ2v) is 5.41. The molecule has 3 heterocycles. The lowest BCUT2D eigenvalue weighted by molar-refractivity contribution is -0.121. The third kappa shape index (κ3) is 3.98. The first kappa shape index (κ1) is 15.7. The molecule has 122 valence electrons. The van der Waals surface area contributed by atoms with Gasteiger partial charge >= 0.3 is 0 Å². The second-order valence-electron chi connectivity index (χ2n) is 5.41. The predicted molar refractivity (Wildman–Crippen MR) is 90.4 cm³/mol. The van der Waals surface area contributed by atoms with Gasteiger partial charge in [0.2, 0.25) is 5.91 Å². The number of carbonyl (C=O) groups is 2. The second kappa shape index (κ2) is 7.41. The molecule has 0 aliphatic heterocycles. The smallest absolute Gasteiger partial charge is 0.252 e. The SMILES string of the molecule is O=C(CCNC(=O)c1cc2ccccn2c1)NCc1cccnc1. The zero-order chi connectivity index (χ0) is 16.8. The van der Waals surface area contributed by atoms with Crippen molar-refractivity contribution in [3.05, 3.63) is 72.3 Å². The zero-order valence-electron chi connectivity index (χ0n) is 13.1. The Morgan fingerprint density at radius 2 is 2.04 bits per heavy atom. The van der Waals surface area contributed by atoms with Gasteiger partial charge < -0.3 is 15.0 Å². The molecule has 3 aromatic heterocycles. The molecule has 24 heavy (non-hydrogen) atoms. The van der Waals surface area contributed by atoms with Crippen LogP contribution in [0.25, 0.3) is 5.52 Å². The average Bonchev–Trinajstić information content (AvgIpc) is 3.05. The van der Waals surface area contributed by atoms with Gasteiger partial charge in [0, 0.05) is 49.8 Å². The van der Waals surface area contributed by atoms with E-state index in [9.17, 15) is 9.59 Å². The summed E-state index contributed by atoms with van der Waals surface area (Å²) >= 11 is 0. The molecule has 0 aliphatic rings. The van der Waals surface area contributed by atoms with Gasteiger partial charge in [0.25, 0.3) is 5.91 Å². The van der Waals surface area contributed by atoms with E-state index in [4.69, 9.17) is 0 Å². The largest absolute Gasteiger partial charge is 0.352 e. The molecule has 3 aromatic rings. The summed E-state index contributed by atoms with van der Waals surface area (Å²) in [5.74, 6) is -0.292. The standard InChI is InChI=1S/C18H18N4O2/c23-17(21-12-14-4-3-7-19-11-14)6-8-20-18(24)15-10-16-5-1-2-9-22(16)13-15/h1-5,7,9-11,13H,6,8,12H2,(H,20,24)(H,21,23). The molecule has 2 N–H and O–H groups in total. The van der Waals surface area contributed by atoms with E-state index in [1.165, 1.54) is 0 Å². The van der Waals surface area contributed by atoms with Crippen LogP contribution >= 0.6 is 0 Å². The maximum atomic E-state index is 12.1. The van der Waals surface area contributed by atoms with E-state index in [1.807, 2.05) is 47.0 Å². The number of pyridine rings is 2. The van der Waals surface area contributed by atoms with Crippen molar-refractivity contribution in [3.63, 3.8) is 0 Å². The van der Waals surface area contributed by atoms with Gasteiger partial charge in [0.05, 0.1) is 5.56 Å². The average molecular weight is 322 g/mol. The molecule has 0 unspecified atom stereocenters. The molecule has 0 spiro atoms. The molecule has 3 rings (SSSR count). The van der Waals surface area contributed by atoms with Crippen molar-refractivity contribution in [2.24, 2.45) is 0 Å². The van der Waals surface area contributed by atoms with E-state index in [0.29, 0.717) is 18.7 Å². The minimum absolute atomic E-state index is 0.110. The minimum atomic E-state index is -0.182. The number of aromatic nitrogens is 2. The Bertz CT molecular complexity index is 809. The monoisotopic (exact) mass is 322 g/mol. The number of carbonyl (C=O) groups excluding carboxylic acids is 2. The van der Waals surface area contributed by atoms with Gasteiger partial charge in [-0.1, -0.05) is 12.1 Å². The van der Waals surface area contributed by atoms with Crippen molar-refractivity contribution in [1.82, 2.24) is 20.0 Å². The quantitative estimate of drug-likeness (QED) is 0.726.